The number of likely N-dealkylation sites (N-methyl/N-ethyl adjacent to an activating group) is 1. The first-order valence-corrected chi connectivity index (χ1v) is 11.0. The van der Waals surface area contributed by atoms with Crippen molar-refractivity contribution in [3.8, 4) is 0 Å². The first-order valence-electron chi connectivity index (χ1n) is 10.6. The monoisotopic (exact) mass is 455 g/mol. The van der Waals surface area contributed by atoms with Crippen molar-refractivity contribution in [2.24, 2.45) is 0 Å². The van der Waals surface area contributed by atoms with Crippen molar-refractivity contribution in [3.05, 3.63) is 65.7 Å². The van der Waals surface area contributed by atoms with E-state index in [2.05, 4.69) is 16.0 Å². The van der Waals surface area contributed by atoms with Crippen molar-refractivity contribution in [1.82, 2.24) is 10.6 Å². The third-order valence-corrected chi connectivity index (χ3v) is 4.81. The van der Waals surface area contributed by atoms with Crippen LogP contribution in [0.25, 0.3) is 0 Å². The van der Waals surface area contributed by atoms with Gasteiger partial charge in [-0.25, -0.2) is 0 Å². The summed E-state index contributed by atoms with van der Waals surface area (Å²) < 4.78 is 5.21. The standard InChI is InChI=1S/C24H29N3O4S/c1-25-22(29)17-19-12-14-20(15-13-19)26-24(32)27-21(28)10-5-11-23(30)31-16-6-9-18-7-3-2-4-8-18/h2-4,7-8,12-15H,5-6,9-11,16-17H2,1H3,(H,25,29)(H2,26,27,28,32). The van der Waals surface area contributed by atoms with Crippen LogP contribution < -0.4 is 16.0 Å². The van der Waals surface area contributed by atoms with Crippen LogP contribution in [-0.4, -0.2) is 36.6 Å². The summed E-state index contributed by atoms with van der Waals surface area (Å²) >= 11 is 5.15. The van der Waals surface area contributed by atoms with Crippen LogP contribution in [0, 0.1) is 0 Å². The second kappa shape index (κ2) is 13.9. The van der Waals surface area contributed by atoms with Gasteiger partial charge >= 0.3 is 5.97 Å². The maximum absolute atomic E-state index is 12.0. The Morgan fingerprint density at radius 1 is 0.875 bits per heavy atom. The lowest BCUT2D eigenvalue weighted by Gasteiger charge is -2.10. The van der Waals surface area contributed by atoms with Crippen molar-refractivity contribution in [3.63, 3.8) is 0 Å². The minimum atomic E-state index is -0.302. The van der Waals surface area contributed by atoms with E-state index >= 15 is 0 Å². The largest absolute Gasteiger partial charge is 0.466 e. The van der Waals surface area contributed by atoms with E-state index in [9.17, 15) is 14.4 Å². The van der Waals surface area contributed by atoms with Gasteiger partial charge in [0, 0.05) is 25.6 Å². The molecule has 0 aliphatic carbocycles. The van der Waals surface area contributed by atoms with E-state index in [0.29, 0.717) is 25.1 Å². The maximum atomic E-state index is 12.0. The van der Waals surface area contributed by atoms with E-state index in [-0.39, 0.29) is 35.7 Å². The number of hydrogen-bond acceptors (Lipinski definition) is 5. The number of amides is 2. The fourth-order valence-corrected chi connectivity index (χ4v) is 3.14. The van der Waals surface area contributed by atoms with E-state index in [1.807, 2.05) is 42.5 Å². The number of hydrogen-bond donors (Lipinski definition) is 3. The summed E-state index contributed by atoms with van der Waals surface area (Å²) in [5, 5.41) is 8.27. The molecule has 0 unspecified atom stereocenters. The molecule has 0 aromatic heterocycles. The average molecular weight is 456 g/mol. The second-order valence-corrected chi connectivity index (χ2v) is 7.62. The number of nitrogens with one attached hydrogen (secondary N) is 3. The molecule has 0 fully saturated rings. The topological polar surface area (TPSA) is 96.5 Å². The number of rotatable bonds is 11. The molecule has 0 aliphatic heterocycles. The summed E-state index contributed by atoms with van der Waals surface area (Å²) in [6.07, 6.45) is 2.67. The van der Waals surface area contributed by atoms with Crippen LogP contribution in [0.15, 0.2) is 54.6 Å². The maximum Gasteiger partial charge on any atom is 0.305 e. The van der Waals surface area contributed by atoms with Crippen molar-refractivity contribution < 1.29 is 19.1 Å². The molecular formula is C24H29N3O4S. The number of ether oxygens (including phenoxy) is 1. The molecule has 170 valence electrons. The van der Waals surface area contributed by atoms with Crippen molar-refractivity contribution in [2.45, 2.75) is 38.5 Å². The van der Waals surface area contributed by atoms with Gasteiger partial charge in [0.05, 0.1) is 13.0 Å². The molecule has 2 aromatic rings. The zero-order valence-electron chi connectivity index (χ0n) is 18.2. The molecule has 0 atom stereocenters. The Bertz CT molecular complexity index is 901. The SMILES string of the molecule is CNC(=O)Cc1ccc(NC(=S)NC(=O)CCCC(=O)OCCCc2ccccc2)cc1. The Kier molecular flexibility index (Phi) is 10.9. The molecule has 2 rings (SSSR count). The molecule has 0 spiro atoms. The van der Waals surface area contributed by atoms with Gasteiger partial charge in [-0.1, -0.05) is 42.5 Å². The quantitative estimate of drug-likeness (QED) is 0.274. The van der Waals surface area contributed by atoms with Crippen LogP contribution in [-0.2, 0) is 32.0 Å². The Morgan fingerprint density at radius 2 is 1.59 bits per heavy atom. The average Bonchev–Trinajstić information content (AvgIpc) is 2.78. The summed E-state index contributed by atoms with van der Waals surface area (Å²) in [6, 6.07) is 17.2. The third kappa shape index (κ3) is 10.2. The minimum Gasteiger partial charge on any atom is -0.466 e. The van der Waals surface area contributed by atoms with Crippen molar-refractivity contribution >= 4 is 40.8 Å². The number of benzene rings is 2. The summed E-state index contributed by atoms with van der Waals surface area (Å²) in [6.45, 7) is 0.371. The van der Waals surface area contributed by atoms with Gasteiger partial charge < -0.3 is 20.7 Å². The van der Waals surface area contributed by atoms with Gasteiger partial charge in [0.1, 0.15) is 0 Å². The van der Waals surface area contributed by atoms with Crippen LogP contribution in [0.4, 0.5) is 5.69 Å². The summed E-state index contributed by atoms with van der Waals surface area (Å²) in [7, 11) is 1.59. The number of carbonyl (C=O) groups is 3. The molecule has 2 aromatic carbocycles. The predicted octanol–water partition coefficient (Wildman–Crippen LogP) is 3.13. The number of aryl methyl sites for hydroxylation is 1. The van der Waals surface area contributed by atoms with Crippen LogP contribution >= 0.6 is 12.2 Å². The number of anilines is 1. The smallest absolute Gasteiger partial charge is 0.305 e. The van der Waals surface area contributed by atoms with Crippen LogP contribution in [0.1, 0.15) is 36.8 Å². The molecule has 0 bridgehead atoms. The lowest BCUT2D eigenvalue weighted by Crippen LogP contribution is -2.34. The van der Waals surface area contributed by atoms with E-state index in [1.54, 1.807) is 19.2 Å². The van der Waals surface area contributed by atoms with E-state index in [0.717, 1.165) is 18.4 Å². The summed E-state index contributed by atoms with van der Waals surface area (Å²) in [5.41, 5.74) is 2.79. The van der Waals surface area contributed by atoms with Crippen LogP contribution in [0.5, 0.6) is 0 Å². The molecule has 0 aliphatic rings. The van der Waals surface area contributed by atoms with Gasteiger partial charge in [-0.3, -0.25) is 14.4 Å². The lowest BCUT2D eigenvalue weighted by molar-refractivity contribution is -0.143. The third-order valence-electron chi connectivity index (χ3n) is 4.61. The fraction of sp³-hybridized carbons (Fsp3) is 0.333. The van der Waals surface area contributed by atoms with Gasteiger partial charge in [0.25, 0.3) is 0 Å². The molecule has 32 heavy (non-hydrogen) atoms. The lowest BCUT2D eigenvalue weighted by atomic mass is 10.1. The highest BCUT2D eigenvalue weighted by Gasteiger charge is 2.09. The van der Waals surface area contributed by atoms with E-state index in [4.69, 9.17) is 17.0 Å². The normalized spacial score (nSPS) is 10.2. The number of carbonyl (C=O) groups excluding carboxylic acids is 3. The van der Waals surface area contributed by atoms with E-state index < -0.39 is 0 Å². The molecular weight excluding hydrogens is 426 g/mol. The zero-order chi connectivity index (χ0) is 23.2. The fourth-order valence-electron chi connectivity index (χ4n) is 2.90. The molecule has 0 radical (unpaired) electrons. The van der Waals surface area contributed by atoms with Gasteiger partial charge in [-0.2, -0.15) is 0 Å². The van der Waals surface area contributed by atoms with Crippen molar-refractivity contribution in [1.29, 1.82) is 0 Å². The van der Waals surface area contributed by atoms with Gasteiger partial charge in [0.2, 0.25) is 11.8 Å². The first-order chi connectivity index (χ1) is 15.5. The highest BCUT2D eigenvalue weighted by Crippen LogP contribution is 2.10. The first kappa shape index (κ1) is 25.0. The Labute approximate surface area is 193 Å². The molecule has 0 saturated heterocycles. The summed E-state index contributed by atoms with van der Waals surface area (Å²) in [5.74, 6) is -0.636. The van der Waals surface area contributed by atoms with Crippen LogP contribution in [0.2, 0.25) is 0 Å². The van der Waals surface area contributed by atoms with Crippen LogP contribution in [0.3, 0.4) is 0 Å². The molecule has 2 amide bonds. The van der Waals surface area contributed by atoms with Crippen molar-refractivity contribution in [2.75, 3.05) is 19.0 Å². The molecule has 0 saturated carbocycles. The highest BCUT2D eigenvalue weighted by molar-refractivity contribution is 7.80. The van der Waals surface area contributed by atoms with Gasteiger partial charge in [-0.05, 0) is 54.7 Å². The molecule has 7 nitrogen and oxygen atoms in total. The van der Waals surface area contributed by atoms with E-state index in [1.165, 1.54) is 5.56 Å². The van der Waals surface area contributed by atoms with Gasteiger partial charge in [-0.15, -0.1) is 0 Å². The zero-order valence-corrected chi connectivity index (χ0v) is 19.0. The second-order valence-electron chi connectivity index (χ2n) is 7.21. The number of esters is 1. The number of thiocarbonyl (C=S) groups is 1. The minimum absolute atomic E-state index is 0.0652. The van der Waals surface area contributed by atoms with Gasteiger partial charge in [0.15, 0.2) is 5.11 Å². The predicted molar refractivity (Wildman–Crippen MR) is 128 cm³/mol. The Hall–Kier alpha value is -3.26. The highest BCUT2D eigenvalue weighted by atomic mass is 32.1. The Balaban J connectivity index is 1.57. The Morgan fingerprint density at radius 3 is 2.28 bits per heavy atom. The molecule has 0 heterocycles. The molecule has 3 N–H and O–H groups in total. The molecule has 8 heteroatoms. The summed E-state index contributed by atoms with van der Waals surface area (Å²) in [4.78, 5) is 35.2.